The SMILES string of the molecule is CC(CCNC(=O)Nc1ccccc1C1CC1)N1CCN(C)CC1. The van der Waals surface area contributed by atoms with Crippen molar-refractivity contribution in [1.29, 1.82) is 0 Å². The molecule has 1 aromatic rings. The number of nitrogens with one attached hydrogen (secondary N) is 2. The lowest BCUT2D eigenvalue weighted by molar-refractivity contribution is 0.115. The molecule has 1 aliphatic heterocycles. The number of para-hydroxylation sites is 1. The quantitative estimate of drug-likeness (QED) is 0.843. The minimum absolute atomic E-state index is 0.0892. The molecular formula is C19H30N4O. The summed E-state index contributed by atoms with van der Waals surface area (Å²) in [4.78, 5) is 17.0. The van der Waals surface area contributed by atoms with E-state index in [1.807, 2.05) is 12.1 Å². The van der Waals surface area contributed by atoms with Gasteiger partial charge in [0.05, 0.1) is 0 Å². The van der Waals surface area contributed by atoms with Crippen LogP contribution in [0.2, 0.25) is 0 Å². The van der Waals surface area contributed by atoms with Crippen molar-refractivity contribution < 1.29 is 4.79 Å². The van der Waals surface area contributed by atoms with Crippen LogP contribution in [0.15, 0.2) is 24.3 Å². The maximum absolute atomic E-state index is 12.2. The Hall–Kier alpha value is -1.59. The number of hydrogen-bond acceptors (Lipinski definition) is 3. The molecule has 1 aromatic carbocycles. The summed E-state index contributed by atoms with van der Waals surface area (Å²) in [5, 5.41) is 6.03. The molecule has 1 saturated heterocycles. The first kappa shape index (κ1) is 17.2. The molecule has 1 aliphatic carbocycles. The lowest BCUT2D eigenvalue weighted by Crippen LogP contribution is -2.48. The monoisotopic (exact) mass is 330 g/mol. The van der Waals surface area contributed by atoms with Gasteiger partial charge in [0.1, 0.15) is 0 Å². The van der Waals surface area contributed by atoms with E-state index in [-0.39, 0.29) is 6.03 Å². The second-order valence-corrected chi connectivity index (χ2v) is 7.22. The third-order valence-electron chi connectivity index (χ3n) is 5.24. The van der Waals surface area contributed by atoms with Crippen molar-refractivity contribution in [2.45, 2.75) is 38.1 Å². The summed E-state index contributed by atoms with van der Waals surface area (Å²) in [5.74, 6) is 0.638. The Labute approximate surface area is 145 Å². The van der Waals surface area contributed by atoms with Crippen molar-refractivity contribution in [3.05, 3.63) is 29.8 Å². The van der Waals surface area contributed by atoms with E-state index in [1.54, 1.807) is 0 Å². The number of carbonyl (C=O) groups excluding carboxylic acids is 1. The summed E-state index contributed by atoms with van der Waals surface area (Å²) < 4.78 is 0. The van der Waals surface area contributed by atoms with Gasteiger partial charge in [-0.05, 0) is 50.8 Å². The zero-order valence-electron chi connectivity index (χ0n) is 14.9. The second-order valence-electron chi connectivity index (χ2n) is 7.22. The number of carbonyl (C=O) groups is 1. The van der Waals surface area contributed by atoms with Crippen molar-refractivity contribution in [2.24, 2.45) is 0 Å². The average molecular weight is 330 g/mol. The molecule has 1 heterocycles. The van der Waals surface area contributed by atoms with Gasteiger partial charge in [-0.15, -0.1) is 0 Å². The second kappa shape index (κ2) is 7.99. The third kappa shape index (κ3) is 4.71. The molecule has 2 aliphatic rings. The molecule has 2 fully saturated rings. The Bertz CT molecular complexity index is 550. The molecule has 1 atom stereocenters. The summed E-state index contributed by atoms with van der Waals surface area (Å²) in [5.41, 5.74) is 2.24. The van der Waals surface area contributed by atoms with Gasteiger partial charge < -0.3 is 15.5 Å². The van der Waals surface area contributed by atoms with Crippen LogP contribution in [0.3, 0.4) is 0 Å². The summed E-state index contributed by atoms with van der Waals surface area (Å²) in [7, 11) is 2.17. The number of nitrogens with zero attached hydrogens (tertiary/aromatic N) is 2. The van der Waals surface area contributed by atoms with E-state index in [1.165, 1.54) is 18.4 Å². The van der Waals surface area contributed by atoms with Gasteiger partial charge >= 0.3 is 6.03 Å². The van der Waals surface area contributed by atoms with Crippen molar-refractivity contribution in [3.8, 4) is 0 Å². The number of benzene rings is 1. The molecule has 132 valence electrons. The average Bonchev–Trinajstić information content (AvgIpc) is 3.41. The number of anilines is 1. The zero-order valence-corrected chi connectivity index (χ0v) is 14.9. The Balaban J connectivity index is 1.40. The van der Waals surface area contributed by atoms with Gasteiger partial charge in [0.25, 0.3) is 0 Å². The van der Waals surface area contributed by atoms with E-state index >= 15 is 0 Å². The molecule has 1 unspecified atom stereocenters. The molecule has 24 heavy (non-hydrogen) atoms. The smallest absolute Gasteiger partial charge is 0.319 e. The summed E-state index contributed by atoms with van der Waals surface area (Å²) in [6.07, 6.45) is 3.47. The van der Waals surface area contributed by atoms with Gasteiger partial charge in [0.2, 0.25) is 0 Å². The maximum Gasteiger partial charge on any atom is 0.319 e. The summed E-state index contributed by atoms with van der Waals surface area (Å²) in [6, 6.07) is 8.58. The molecule has 5 heteroatoms. The molecule has 0 spiro atoms. The Morgan fingerprint density at radius 1 is 1.21 bits per heavy atom. The standard InChI is InChI=1S/C19H30N4O/c1-15(23-13-11-22(2)12-14-23)9-10-20-19(24)21-18-6-4-3-5-17(18)16-7-8-16/h3-6,15-16H,7-14H2,1-2H3,(H2,20,21,24). The van der Waals surface area contributed by atoms with Gasteiger partial charge in [-0.2, -0.15) is 0 Å². The summed E-state index contributed by atoms with van der Waals surface area (Å²) in [6.45, 7) is 7.49. The van der Waals surface area contributed by atoms with Crippen molar-refractivity contribution >= 4 is 11.7 Å². The van der Waals surface area contributed by atoms with E-state index in [0.717, 1.165) is 38.3 Å². The maximum atomic E-state index is 12.2. The lowest BCUT2D eigenvalue weighted by Gasteiger charge is -2.36. The van der Waals surface area contributed by atoms with E-state index < -0.39 is 0 Å². The highest BCUT2D eigenvalue weighted by molar-refractivity contribution is 5.90. The van der Waals surface area contributed by atoms with Gasteiger partial charge in [-0.25, -0.2) is 4.79 Å². The molecule has 2 amide bonds. The first-order valence-corrected chi connectivity index (χ1v) is 9.20. The Morgan fingerprint density at radius 3 is 2.62 bits per heavy atom. The molecule has 0 bridgehead atoms. The first-order valence-electron chi connectivity index (χ1n) is 9.20. The van der Waals surface area contributed by atoms with Crippen molar-refractivity contribution in [1.82, 2.24) is 15.1 Å². The van der Waals surface area contributed by atoms with Crippen LogP contribution in [0.25, 0.3) is 0 Å². The summed E-state index contributed by atoms with van der Waals surface area (Å²) >= 11 is 0. The highest BCUT2D eigenvalue weighted by Gasteiger charge is 2.26. The predicted molar refractivity (Wildman–Crippen MR) is 98.6 cm³/mol. The van der Waals surface area contributed by atoms with Gasteiger partial charge in [0, 0.05) is 44.5 Å². The zero-order chi connectivity index (χ0) is 16.9. The highest BCUT2D eigenvalue weighted by Crippen LogP contribution is 2.43. The fourth-order valence-corrected chi connectivity index (χ4v) is 3.37. The molecule has 0 aromatic heterocycles. The van der Waals surface area contributed by atoms with Gasteiger partial charge in [-0.3, -0.25) is 4.90 Å². The molecule has 0 radical (unpaired) electrons. The fraction of sp³-hybridized carbons (Fsp3) is 0.632. The predicted octanol–water partition coefficient (Wildman–Crippen LogP) is 2.71. The molecule has 2 N–H and O–H groups in total. The van der Waals surface area contributed by atoms with Crippen LogP contribution in [-0.4, -0.2) is 61.6 Å². The number of hydrogen-bond donors (Lipinski definition) is 2. The largest absolute Gasteiger partial charge is 0.338 e. The normalized spacial score (nSPS) is 20.6. The van der Waals surface area contributed by atoms with Crippen LogP contribution < -0.4 is 10.6 Å². The van der Waals surface area contributed by atoms with Crippen LogP contribution >= 0.6 is 0 Å². The van der Waals surface area contributed by atoms with E-state index in [2.05, 4.69) is 46.5 Å². The number of amides is 2. The van der Waals surface area contributed by atoms with Gasteiger partial charge in [-0.1, -0.05) is 18.2 Å². The van der Waals surface area contributed by atoms with Crippen LogP contribution in [0.1, 0.15) is 37.7 Å². The molecule has 1 saturated carbocycles. The van der Waals surface area contributed by atoms with Crippen molar-refractivity contribution in [3.63, 3.8) is 0 Å². The fourth-order valence-electron chi connectivity index (χ4n) is 3.37. The lowest BCUT2D eigenvalue weighted by atomic mass is 10.1. The Morgan fingerprint density at radius 2 is 1.92 bits per heavy atom. The first-order chi connectivity index (χ1) is 11.6. The highest BCUT2D eigenvalue weighted by atomic mass is 16.2. The number of likely N-dealkylation sites (N-methyl/N-ethyl adjacent to an activating group) is 1. The number of piperazine rings is 1. The minimum Gasteiger partial charge on any atom is -0.338 e. The molecule has 5 nitrogen and oxygen atoms in total. The number of urea groups is 1. The topological polar surface area (TPSA) is 47.6 Å². The van der Waals surface area contributed by atoms with Gasteiger partial charge in [0.15, 0.2) is 0 Å². The van der Waals surface area contributed by atoms with Crippen molar-refractivity contribution in [2.75, 3.05) is 45.1 Å². The van der Waals surface area contributed by atoms with E-state index in [0.29, 0.717) is 18.5 Å². The van der Waals surface area contributed by atoms with Crippen LogP contribution in [0, 0.1) is 0 Å². The van der Waals surface area contributed by atoms with Crippen LogP contribution in [0.4, 0.5) is 10.5 Å². The molecule has 3 rings (SSSR count). The van der Waals surface area contributed by atoms with E-state index in [4.69, 9.17) is 0 Å². The Kier molecular flexibility index (Phi) is 5.74. The van der Waals surface area contributed by atoms with Crippen LogP contribution in [0.5, 0.6) is 0 Å². The number of rotatable bonds is 6. The molecular weight excluding hydrogens is 300 g/mol. The van der Waals surface area contributed by atoms with E-state index in [9.17, 15) is 4.79 Å². The third-order valence-corrected chi connectivity index (χ3v) is 5.24. The minimum atomic E-state index is -0.0892. The van der Waals surface area contributed by atoms with Crippen LogP contribution in [-0.2, 0) is 0 Å².